The zero-order chi connectivity index (χ0) is 48.9. The van der Waals surface area contributed by atoms with Crippen molar-refractivity contribution in [1.82, 2.24) is 0 Å². The molecule has 0 bridgehead atoms. The lowest BCUT2D eigenvalue weighted by molar-refractivity contribution is -0.432. The Hall–Kier alpha value is -5.90. The second kappa shape index (κ2) is 23.0. The topological polar surface area (TPSA) is 290 Å². The first kappa shape index (κ1) is 52.7. The molecule has 19 nitrogen and oxygen atoms in total. The summed E-state index contributed by atoms with van der Waals surface area (Å²) in [7, 11) is -14.4. The molecule has 0 heterocycles. The summed E-state index contributed by atoms with van der Waals surface area (Å²) in [4.78, 5) is 13.5. The van der Waals surface area contributed by atoms with Gasteiger partial charge in [-0.05, 0) is 116 Å². The van der Waals surface area contributed by atoms with Gasteiger partial charge in [-0.2, -0.15) is 25.3 Å². The molecule has 0 aliphatic rings. The number of sulfone groups is 1. The maximum atomic E-state index is 13.6. The van der Waals surface area contributed by atoms with Gasteiger partial charge in [0.2, 0.25) is 9.84 Å². The lowest BCUT2D eigenvalue weighted by Gasteiger charge is -2.13. The summed E-state index contributed by atoms with van der Waals surface area (Å²) in [6.07, 6.45) is 1.43. The average molecular weight is 1010 g/mol. The summed E-state index contributed by atoms with van der Waals surface area (Å²) in [6, 6.07) is 33.7. The summed E-state index contributed by atoms with van der Waals surface area (Å²) < 4.78 is 140. The number of benzene rings is 6. The van der Waals surface area contributed by atoms with Crippen LogP contribution < -0.4 is 18.9 Å². The van der Waals surface area contributed by atoms with Gasteiger partial charge in [0.25, 0.3) is 30.4 Å². The van der Waals surface area contributed by atoms with Crippen LogP contribution in [0.5, 0.6) is 34.5 Å². The largest absolute Gasteiger partial charge is 0.497 e. The van der Waals surface area contributed by atoms with Crippen LogP contribution in [0.4, 0.5) is 0 Å². The Labute approximate surface area is 384 Å². The van der Waals surface area contributed by atoms with Gasteiger partial charge in [0.05, 0.1) is 41.5 Å². The molecule has 0 unspecified atom stereocenters. The predicted octanol–water partition coefficient (Wildman–Crippen LogP) is 7.91. The van der Waals surface area contributed by atoms with Crippen molar-refractivity contribution in [2.75, 3.05) is 19.6 Å². The number of carbonyl (C=O) groups excluding carboxylic acids is 1. The number of aryl methyl sites for hydroxylation is 1. The van der Waals surface area contributed by atoms with Gasteiger partial charge in [0, 0.05) is 21.6 Å². The van der Waals surface area contributed by atoms with Gasteiger partial charge in [0.15, 0.2) is 5.78 Å². The summed E-state index contributed by atoms with van der Waals surface area (Å²) in [5, 5.41) is 12.6. The van der Waals surface area contributed by atoms with Crippen LogP contribution in [0.1, 0.15) is 27.0 Å². The molecule has 0 amide bonds. The van der Waals surface area contributed by atoms with E-state index < -0.39 is 50.9 Å². The maximum Gasteiger partial charge on any atom is 0.298 e. The van der Waals surface area contributed by atoms with Crippen LogP contribution in [0.15, 0.2) is 153 Å². The highest BCUT2D eigenvalue weighted by Gasteiger charge is 2.23. The van der Waals surface area contributed by atoms with Crippen molar-refractivity contribution in [1.29, 1.82) is 0 Å². The van der Waals surface area contributed by atoms with Crippen molar-refractivity contribution in [3.63, 3.8) is 0 Å². The summed E-state index contributed by atoms with van der Waals surface area (Å²) in [6.45, 7) is 1.80. The van der Waals surface area contributed by atoms with Gasteiger partial charge in [-0.1, -0.05) is 34.9 Å². The Balaban J connectivity index is 0.000000860. The minimum absolute atomic E-state index is 0.0663. The van der Waals surface area contributed by atoms with E-state index in [1.54, 1.807) is 86.0 Å². The molecule has 0 aliphatic heterocycles. The first-order chi connectivity index (χ1) is 30.8. The molecule has 0 radical (unpaired) electrons. The van der Waals surface area contributed by atoms with Crippen molar-refractivity contribution < 1.29 is 85.7 Å². The highest BCUT2D eigenvalue weighted by molar-refractivity contribution is 7.94. The van der Waals surface area contributed by atoms with Gasteiger partial charge in [-0.15, -0.1) is 4.33 Å². The van der Waals surface area contributed by atoms with E-state index in [-0.39, 0.29) is 43.9 Å². The molecular weight excluding hydrogens is 969 g/mol. The third kappa shape index (κ3) is 17.1. The third-order valence-corrected chi connectivity index (χ3v) is 11.5. The minimum Gasteiger partial charge on any atom is -0.497 e. The minimum atomic E-state index is -4.86. The molecule has 0 spiro atoms. The van der Waals surface area contributed by atoms with Crippen LogP contribution in [0.3, 0.4) is 0 Å². The predicted molar refractivity (Wildman–Crippen MR) is 239 cm³/mol. The van der Waals surface area contributed by atoms with Crippen molar-refractivity contribution >= 4 is 58.0 Å². The van der Waals surface area contributed by atoms with Crippen molar-refractivity contribution in [2.45, 2.75) is 33.1 Å². The number of hydrogen-bond donors (Lipinski definition) is 4. The quantitative estimate of drug-likeness (QED) is 0.0235. The van der Waals surface area contributed by atoms with E-state index in [0.717, 1.165) is 11.6 Å². The summed E-state index contributed by atoms with van der Waals surface area (Å²) in [5.41, 5.74) is 1.42. The molecule has 0 aliphatic carbocycles. The first-order valence-electron chi connectivity index (χ1n) is 18.3. The molecule has 0 aromatic heterocycles. The van der Waals surface area contributed by atoms with Gasteiger partial charge >= 0.3 is 0 Å². The Morgan fingerprint density at radius 3 is 1.50 bits per heavy atom. The number of carbonyl (C=O) groups is 1. The van der Waals surface area contributed by atoms with Crippen LogP contribution >= 0.6 is 12.0 Å². The number of ether oxygens (including phenoxy) is 4. The maximum absolute atomic E-state index is 13.6. The Morgan fingerprint density at radius 1 is 0.576 bits per heavy atom. The van der Waals surface area contributed by atoms with Gasteiger partial charge in [-0.25, -0.2) is 13.7 Å². The summed E-state index contributed by atoms with van der Waals surface area (Å²) >= 11 is 0.573. The Kier molecular flexibility index (Phi) is 18.4. The highest BCUT2D eigenvalue weighted by Crippen LogP contribution is 2.34. The molecule has 0 atom stereocenters. The van der Waals surface area contributed by atoms with Crippen LogP contribution in [-0.2, 0) is 56.2 Å². The van der Waals surface area contributed by atoms with E-state index in [1.807, 2.05) is 6.92 Å². The second-order valence-corrected chi connectivity index (χ2v) is 20.4. The van der Waals surface area contributed by atoms with Gasteiger partial charge in [0.1, 0.15) is 46.0 Å². The molecule has 6 rings (SSSR count). The first-order valence-corrected chi connectivity index (χ1v) is 25.6. The average Bonchev–Trinajstić information content (AvgIpc) is 3.24. The van der Waals surface area contributed by atoms with Crippen LogP contribution in [0.25, 0.3) is 0 Å². The van der Waals surface area contributed by atoms with E-state index in [0.29, 0.717) is 53.1 Å². The van der Waals surface area contributed by atoms with Crippen molar-refractivity contribution in [2.24, 2.45) is 0 Å². The standard InChI is InChI=1S/C40H32O13S3.2CH4O3S/c1-26-3-18-35(19-4-26)55(43,44)36-20-16-31(17-21-36)49-25-29-6-5-27(23-38(29)54-53-52-42)40(41)28-7-22-37(39(24-28)56(45,46)47)51-34-14-12-33(13-15-34)50-32-10-8-30(48-2)9-11-32;2*1-5(2,3)4/h3-24,42H,25H2,1-2H3,(H,45,46,47);2*1H3,(H,2,3,4). The molecule has 66 heavy (non-hydrogen) atoms. The number of ketones is 1. The molecule has 4 N–H and O–H groups in total. The fourth-order valence-corrected chi connectivity index (χ4v) is 7.67. The lowest BCUT2D eigenvalue weighted by Crippen LogP contribution is -2.07. The van der Waals surface area contributed by atoms with E-state index in [9.17, 15) is 43.0 Å². The molecule has 6 aromatic rings. The summed E-state index contributed by atoms with van der Waals surface area (Å²) in [5.74, 6) is 1.44. The number of rotatable bonds is 16. The normalized spacial score (nSPS) is 11.5. The SMILES string of the molecule is COc1ccc(Oc2ccc(Oc3ccc(C(=O)c4ccc(COc5ccc(S(=O)(=O)c6ccc(C)cc6)cc5)c(SOOO)c4)cc3S(=O)(=O)O)cc2)cc1.CS(=O)(=O)O.CS(=O)(=O)O. The van der Waals surface area contributed by atoms with Crippen LogP contribution in [0, 0.1) is 6.92 Å². The zero-order valence-corrected chi connectivity index (χ0v) is 38.9. The van der Waals surface area contributed by atoms with Crippen LogP contribution in [0.2, 0.25) is 0 Å². The molecule has 0 fully saturated rings. The zero-order valence-electron chi connectivity index (χ0n) is 34.9. The molecule has 0 saturated heterocycles. The monoisotopic (exact) mass is 1010 g/mol. The van der Waals surface area contributed by atoms with E-state index in [2.05, 4.69) is 9.37 Å². The molecule has 0 saturated carbocycles. The van der Waals surface area contributed by atoms with E-state index >= 15 is 0 Å². The molecule has 24 heteroatoms. The molecule has 352 valence electrons. The van der Waals surface area contributed by atoms with Gasteiger partial charge in [-0.3, -0.25) is 18.5 Å². The van der Waals surface area contributed by atoms with Crippen LogP contribution in [-0.4, -0.2) is 78.0 Å². The highest BCUT2D eigenvalue weighted by atomic mass is 32.2. The third-order valence-electron chi connectivity index (χ3n) is 8.17. The van der Waals surface area contributed by atoms with E-state index in [4.69, 9.17) is 33.3 Å². The fourth-order valence-electron chi connectivity index (χ4n) is 5.26. The van der Waals surface area contributed by atoms with E-state index in [1.165, 1.54) is 48.5 Å². The molecular formula is C42H40O19S5. The Morgan fingerprint density at radius 2 is 1.02 bits per heavy atom. The lowest BCUT2D eigenvalue weighted by atomic mass is 10.0. The van der Waals surface area contributed by atoms with Gasteiger partial charge < -0.3 is 18.9 Å². The number of hydrogen-bond acceptors (Lipinski definition) is 17. The number of methoxy groups -OCH3 is 1. The fraction of sp³-hybridized carbons (Fsp3) is 0.119. The Bertz CT molecular complexity index is 3010. The van der Waals surface area contributed by atoms with Crippen molar-refractivity contribution in [3.05, 3.63) is 156 Å². The second-order valence-electron chi connectivity index (χ2n) is 13.4. The molecule has 6 aromatic carbocycles. The van der Waals surface area contributed by atoms with Crippen molar-refractivity contribution in [3.8, 4) is 34.5 Å². The smallest absolute Gasteiger partial charge is 0.298 e.